The minimum Gasteiger partial charge on any atom is -0.309 e. The van der Waals surface area contributed by atoms with E-state index in [-0.39, 0.29) is 0 Å². The van der Waals surface area contributed by atoms with Gasteiger partial charge in [-0.25, -0.2) is 0 Å². The molecule has 0 saturated carbocycles. The second-order valence-corrected chi connectivity index (χ2v) is 12.6. The van der Waals surface area contributed by atoms with Gasteiger partial charge in [-0.3, -0.25) is 0 Å². The van der Waals surface area contributed by atoms with Gasteiger partial charge in [-0.2, -0.15) is 0 Å². The maximum Gasteiger partial charge on any atom is 0.0619 e. The molecule has 0 aliphatic heterocycles. The molecule has 48 heavy (non-hydrogen) atoms. The number of hydrogen-bond acceptors (Lipinski definition) is 0. The van der Waals surface area contributed by atoms with Crippen molar-refractivity contribution in [3.05, 3.63) is 182 Å². The highest BCUT2D eigenvalue weighted by atomic mass is 15.0. The number of rotatable bonds is 4. The Bertz CT molecular complexity index is 2750. The quantitative estimate of drug-likeness (QED) is 0.188. The van der Waals surface area contributed by atoms with Crippen LogP contribution in [0.15, 0.2) is 182 Å². The average Bonchev–Trinajstić information content (AvgIpc) is 3.67. The number of aromatic nitrogens is 2. The van der Waals surface area contributed by atoms with Gasteiger partial charge in [-0.15, -0.1) is 0 Å². The van der Waals surface area contributed by atoms with Gasteiger partial charge in [-0.1, -0.05) is 127 Å². The first-order valence-electron chi connectivity index (χ1n) is 16.5. The van der Waals surface area contributed by atoms with Crippen LogP contribution in [0.3, 0.4) is 0 Å². The van der Waals surface area contributed by atoms with Crippen molar-refractivity contribution in [1.29, 1.82) is 0 Å². The van der Waals surface area contributed by atoms with E-state index >= 15 is 0 Å². The van der Waals surface area contributed by atoms with E-state index < -0.39 is 0 Å². The Hall–Kier alpha value is -6.38. The van der Waals surface area contributed by atoms with Crippen LogP contribution in [0.2, 0.25) is 0 Å². The third-order valence-corrected chi connectivity index (χ3v) is 9.85. The Morgan fingerprint density at radius 1 is 0.271 bits per heavy atom. The zero-order valence-electron chi connectivity index (χ0n) is 26.2. The van der Waals surface area contributed by atoms with Crippen LogP contribution < -0.4 is 0 Å². The standard InChI is InChI=1S/C46H30N2/c1-4-14-31(15-5-1)34-26-35(32-16-6-2-7-17-32)28-37(27-34)48-44-23-13-10-20-38(44)40-25-24-33-29-45-42(30-41(33)46(40)48)39-21-11-12-22-43(39)47(45)36-18-8-3-9-19-36/h1-30H. The molecule has 0 spiro atoms. The molecular formula is C46H30N2. The third-order valence-electron chi connectivity index (χ3n) is 9.85. The molecule has 2 heteroatoms. The van der Waals surface area contributed by atoms with E-state index in [1.807, 2.05) is 0 Å². The van der Waals surface area contributed by atoms with Crippen LogP contribution in [0, 0.1) is 0 Å². The van der Waals surface area contributed by atoms with Gasteiger partial charge in [0.1, 0.15) is 0 Å². The maximum atomic E-state index is 2.49. The fourth-order valence-corrected chi connectivity index (χ4v) is 7.70. The molecule has 0 amide bonds. The molecule has 8 aromatic carbocycles. The number of fused-ring (bicyclic) bond motifs is 8. The average molecular weight is 611 g/mol. The van der Waals surface area contributed by atoms with Crippen molar-refractivity contribution in [3.8, 4) is 33.6 Å². The molecule has 2 heterocycles. The predicted octanol–water partition coefficient (Wildman–Crippen LogP) is 12.4. The van der Waals surface area contributed by atoms with Gasteiger partial charge in [0, 0.05) is 38.3 Å². The van der Waals surface area contributed by atoms with Gasteiger partial charge < -0.3 is 9.13 Å². The Balaban J connectivity index is 1.34. The maximum absolute atomic E-state index is 2.49. The molecule has 2 nitrogen and oxygen atoms in total. The summed E-state index contributed by atoms with van der Waals surface area (Å²) in [7, 11) is 0. The summed E-state index contributed by atoms with van der Waals surface area (Å²) < 4.78 is 4.90. The summed E-state index contributed by atoms with van der Waals surface area (Å²) in [6.45, 7) is 0. The molecule has 0 radical (unpaired) electrons. The summed E-state index contributed by atoms with van der Waals surface area (Å²) in [6.07, 6.45) is 0. The van der Waals surface area contributed by atoms with Crippen LogP contribution in [-0.4, -0.2) is 9.13 Å². The zero-order chi connectivity index (χ0) is 31.6. The first-order valence-corrected chi connectivity index (χ1v) is 16.5. The summed E-state index contributed by atoms with van der Waals surface area (Å²) in [6, 6.07) is 66.3. The van der Waals surface area contributed by atoms with E-state index in [1.165, 1.54) is 82.3 Å². The van der Waals surface area contributed by atoms with Gasteiger partial charge in [0.2, 0.25) is 0 Å². The molecule has 10 aromatic rings. The summed E-state index contributed by atoms with van der Waals surface area (Å²) in [5.74, 6) is 0. The first kappa shape index (κ1) is 26.8. The fraction of sp³-hybridized carbons (Fsp3) is 0. The van der Waals surface area contributed by atoms with Crippen molar-refractivity contribution in [2.24, 2.45) is 0 Å². The zero-order valence-corrected chi connectivity index (χ0v) is 26.2. The van der Waals surface area contributed by atoms with Gasteiger partial charge in [-0.05, 0) is 82.2 Å². The summed E-state index contributed by atoms with van der Waals surface area (Å²) in [5.41, 5.74) is 12.0. The fourth-order valence-electron chi connectivity index (χ4n) is 7.70. The second kappa shape index (κ2) is 10.6. The van der Waals surface area contributed by atoms with Crippen molar-refractivity contribution in [3.63, 3.8) is 0 Å². The number of para-hydroxylation sites is 3. The highest BCUT2D eigenvalue weighted by Gasteiger charge is 2.19. The molecule has 0 atom stereocenters. The van der Waals surface area contributed by atoms with Crippen molar-refractivity contribution in [2.75, 3.05) is 0 Å². The topological polar surface area (TPSA) is 9.86 Å². The van der Waals surface area contributed by atoms with Crippen molar-refractivity contribution in [1.82, 2.24) is 9.13 Å². The number of hydrogen-bond donors (Lipinski definition) is 0. The molecule has 0 N–H and O–H groups in total. The van der Waals surface area contributed by atoms with Gasteiger partial charge in [0.15, 0.2) is 0 Å². The van der Waals surface area contributed by atoms with E-state index in [9.17, 15) is 0 Å². The minimum atomic E-state index is 1.15. The third kappa shape index (κ3) is 4.06. The molecule has 0 aliphatic carbocycles. The lowest BCUT2D eigenvalue weighted by Gasteiger charge is -2.15. The lowest BCUT2D eigenvalue weighted by Crippen LogP contribution is -1.97. The first-order chi connectivity index (χ1) is 23.8. The predicted molar refractivity (Wildman–Crippen MR) is 203 cm³/mol. The summed E-state index contributed by atoms with van der Waals surface area (Å²) in [4.78, 5) is 0. The lowest BCUT2D eigenvalue weighted by molar-refractivity contribution is 1.18. The van der Waals surface area contributed by atoms with Crippen LogP contribution in [-0.2, 0) is 0 Å². The van der Waals surface area contributed by atoms with Crippen LogP contribution in [0.1, 0.15) is 0 Å². The highest BCUT2D eigenvalue weighted by Crippen LogP contribution is 2.42. The molecule has 10 rings (SSSR count). The van der Waals surface area contributed by atoms with E-state index in [1.54, 1.807) is 0 Å². The number of nitrogens with zero attached hydrogens (tertiary/aromatic N) is 2. The van der Waals surface area contributed by atoms with Crippen molar-refractivity contribution >= 4 is 54.4 Å². The number of benzene rings is 8. The van der Waals surface area contributed by atoms with E-state index in [0.29, 0.717) is 0 Å². The van der Waals surface area contributed by atoms with E-state index in [0.717, 1.165) is 5.69 Å². The summed E-state index contributed by atoms with van der Waals surface area (Å²) >= 11 is 0. The second-order valence-electron chi connectivity index (χ2n) is 12.6. The minimum absolute atomic E-state index is 1.15. The molecule has 0 aliphatic rings. The van der Waals surface area contributed by atoms with Crippen molar-refractivity contribution < 1.29 is 0 Å². The Morgan fingerprint density at radius 2 is 0.812 bits per heavy atom. The van der Waals surface area contributed by atoms with Crippen LogP contribution in [0.4, 0.5) is 0 Å². The highest BCUT2D eigenvalue weighted by molar-refractivity contribution is 6.23. The molecule has 0 unspecified atom stereocenters. The van der Waals surface area contributed by atoms with E-state index in [4.69, 9.17) is 0 Å². The van der Waals surface area contributed by atoms with Gasteiger partial charge in [0.05, 0.1) is 22.1 Å². The monoisotopic (exact) mass is 610 g/mol. The smallest absolute Gasteiger partial charge is 0.0619 e. The van der Waals surface area contributed by atoms with Crippen LogP contribution >= 0.6 is 0 Å². The SMILES string of the molecule is c1ccc(-c2cc(-c3ccccc3)cc(-n3c4ccccc4c4ccc5cc6c(cc5c43)c3ccccc3n6-c3ccccc3)c2)cc1. The van der Waals surface area contributed by atoms with Crippen molar-refractivity contribution in [2.45, 2.75) is 0 Å². The normalized spacial score (nSPS) is 11.8. The van der Waals surface area contributed by atoms with Crippen LogP contribution in [0.5, 0.6) is 0 Å². The Labute approximate surface area is 278 Å². The van der Waals surface area contributed by atoms with Gasteiger partial charge in [0.25, 0.3) is 0 Å². The molecular weight excluding hydrogens is 581 g/mol. The van der Waals surface area contributed by atoms with E-state index in [2.05, 4.69) is 191 Å². The Morgan fingerprint density at radius 3 is 1.46 bits per heavy atom. The molecule has 0 bridgehead atoms. The largest absolute Gasteiger partial charge is 0.309 e. The molecule has 224 valence electrons. The molecule has 0 saturated heterocycles. The Kier molecular flexibility index (Phi) is 5.91. The molecule has 0 fully saturated rings. The van der Waals surface area contributed by atoms with Gasteiger partial charge >= 0.3 is 0 Å². The molecule has 2 aromatic heterocycles. The lowest BCUT2D eigenvalue weighted by atomic mass is 9.97. The summed E-state index contributed by atoms with van der Waals surface area (Å²) in [5, 5.41) is 7.51. The van der Waals surface area contributed by atoms with Crippen LogP contribution in [0.25, 0.3) is 88.0 Å².